The van der Waals surface area contributed by atoms with E-state index in [4.69, 9.17) is 0 Å². The van der Waals surface area contributed by atoms with Crippen LogP contribution in [0.15, 0.2) is 35.7 Å². The van der Waals surface area contributed by atoms with E-state index < -0.39 is 17.8 Å². The summed E-state index contributed by atoms with van der Waals surface area (Å²) in [7, 11) is 0. The Morgan fingerprint density at radius 2 is 2.05 bits per heavy atom. The summed E-state index contributed by atoms with van der Waals surface area (Å²) in [5, 5.41) is 14.6. The van der Waals surface area contributed by atoms with Gasteiger partial charge in [-0.2, -0.15) is 13.2 Å². The van der Waals surface area contributed by atoms with Crippen molar-refractivity contribution in [2.75, 3.05) is 11.9 Å². The quantitative estimate of drug-likeness (QED) is 0.886. The van der Waals surface area contributed by atoms with Crippen molar-refractivity contribution < 1.29 is 18.3 Å². The highest BCUT2D eigenvalue weighted by Crippen LogP contribution is 2.32. The molecule has 2 N–H and O–H groups in total. The van der Waals surface area contributed by atoms with Crippen LogP contribution in [0.1, 0.15) is 22.1 Å². The van der Waals surface area contributed by atoms with E-state index in [-0.39, 0.29) is 6.54 Å². The van der Waals surface area contributed by atoms with Gasteiger partial charge in [-0.1, -0.05) is 12.1 Å². The predicted octanol–water partition coefficient (Wildman–Crippen LogP) is 4.22. The summed E-state index contributed by atoms with van der Waals surface area (Å²) in [6.07, 6.45) is -5.10. The van der Waals surface area contributed by atoms with Crippen LogP contribution in [-0.4, -0.2) is 11.7 Å². The second-order valence-electron chi connectivity index (χ2n) is 4.44. The van der Waals surface area contributed by atoms with Crippen molar-refractivity contribution in [2.24, 2.45) is 0 Å². The lowest BCUT2D eigenvalue weighted by molar-refractivity contribution is -0.137. The third kappa shape index (κ3) is 3.52. The smallest absolute Gasteiger partial charge is 0.386 e. The minimum absolute atomic E-state index is 0.169. The number of hydrogen-bond acceptors (Lipinski definition) is 3. The van der Waals surface area contributed by atoms with Crippen LogP contribution < -0.4 is 5.32 Å². The molecule has 1 unspecified atom stereocenters. The highest BCUT2D eigenvalue weighted by atomic mass is 32.1. The second-order valence-corrected chi connectivity index (χ2v) is 5.42. The lowest BCUT2D eigenvalue weighted by Crippen LogP contribution is -2.13. The van der Waals surface area contributed by atoms with E-state index in [1.54, 1.807) is 13.0 Å². The Morgan fingerprint density at radius 3 is 2.65 bits per heavy atom. The number of rotatable bonds is 4. The van der Waals surface area contributed by atoms with E-state index in [9.17, 15) is 18.3 Å². The minimum atomic E-state index is -4.36. The number of aliphatic hydroxyl groups excluding tert-OH is 1. The molecule has 0 radical (unpaired) electrons. The fourth-order valence-electron chi connectivity index (χ4n) is 1.78. The molecule has 0 spiro atoms. The molecule has 1 aromatic heterocycles. The topological polar surface area (TPSA) is 32.3 Å². The van der Waals surface area contributed by atoms with Gasteiger partial charge in [0.05, 0.1) is 5.56 Å². The molecule has 0 aliphatic heterocycles. The van der Waals surface area contributed by atoms with E-state index in [1.165, 1.54) is 17.4 Å². The number of thiophene rings is 1. The predicted molar refractivity (Wildman–Crippen MR) is 73.9 cm³/mol. The third-order valence-electron chi connectivity index (χ3n) is 2.92. The van der Waals surface area contributed by atoms with Gasteiger partial charge >= 0.3 is 6.18 Å². The summed E-state index contributed by atoms with van der Waals surface area (Å²) in [5.41, 5.74) is 0.392. The molecule has 1 atom stereocenters. The third-order valence-corrected chi connectivity index (χ3v) is 3.90. The maximum absolute atomic E-state index is 12.6. The summed E-state index contributed by atoms with van der Waals surface area (Å²) in [5.74, 6) is 0. The van der Waals surface area contributed by atoms with E-state index in [0.29, 0.717) is 11.3 Å². The molecule has 108 valence electrons. The van der Waals surface area contributed by atoms with Crippen molar-refractivity contribution in [1.29, 1.82) is 0 Å². The molecule has 20 heavy (non-hydrogen) atoms. The van der Waals surface area contributed by atoms with E-state index in [2.05, 4.69) is 5.32 Å². The van der Waals surface area contributed by atoms with E-state index in [1.807, 2.05) is 11.4 Å². The van der Waals surface area contributed by atoms with E-state index >= 15 is 0 Å². The molecule has 1 aromatic carbocycles. The summed E-state index contributed by atoms with van der Waals surface area (Å²) < 4.78 is 37.9. The summed E-state index contributed by atoms with van der Waals surface area (Å²) in [6, 6.07) is 7.14. The zero-order valence-corrected chi connectivity index (χ0v) is 11.6. The minimum Gasteiger partial charge on any atom is -0.386 e. The van der Waals surface area contributed by atoms with Crippen molar-refractivity contribution in [3.8, 4) is 0 Å². The summed E-state index contributed by atoms with van der Waals surface area (Å²) in [4.78, 5) is 0.780. The Hall–Kier alpha value is -1.53. The van der Waals surface area contributed by atoms with Gasteiger partial charge in [0.15, 0.2) is 0 Å². The average molecular weight is 301 g/mol. The highest BCUT2D eigenvalue weighted by Gasteiger charge is 2.30. The number of alkyl halides is 3. The number of aryl methyl sites for hydroxylation is 1. The van der Waals surface area contributed by atoms with Crippen molar-refractivity contribution in [3.05, 3.63) is 51.7 Å². The van der Waals surface area contributed by atoms with Gasteiger partial charge in [0.1, 0.15) is 6.10 Å². The molecule has 2 nitrogen and oxygen atoms in total. The number of halogens is 3. The largest absolute Gasteiger partial charge is 0.416 e. The lowest BCUT2D eigenvalue weighted by Gasteiger charge is -2.15. The molecule has 1 heterocycles. The fraction of sp³-hybridized carbons (Fsp3) is 0.286. The number of hydrogen-bond donors (Lipinski definition) is 2. The Labute approximate surface area is 118 Å². The molecule has 0 fully saturated rings. The van der Waals surface area contributed by atoms with Gasteiger partial charge in [-0.3, -0.25) is 0 Å². The molecule has 0 saturated heterocycles. The molecule has 0 bridgehead atoms. The first kappa shape index (κ1) is 14.9. The van der Waals surface area contributed by atoms with Crippen LogP contribution in [0.4, 0.5) is 18.9 Å². The van der Waals surface area contributed by atoms with Crippen molar-refractivity contribution >= 4 is 17.0 Å². The van der Waals surface area contributed by atoms with Gasteiger partial charge in [-0.25, -0.2) is 0 Å². The Bertz CT molecular complexity index is 566. The highest BCUT2D eigenvalue weighted by molar-refractivity contribution is 7.10. The van der Waals surface area contributed by atoms with Crippen LogP contribution in [0.3, 0.4) is 0 Å². The van der Waals surface area contributed by atoms with Crippen molar-refractivity contribution in [2.45, 2.75) is 19.2 Å². The number of benzene rings is 1. The van der Waals surface area contributed by atoms with Gasteiger partial charge < -0.3 is 10.4 Å². The maximum Gasteiger partial charge on any atom is 0.416 e. The number of aliphatic hydroxyl groups is 1. The molecule has 2 aromatic rings. The summed E-state index contributed by atoms with van der Waals surface area (Å²) in [6.45, 7) is 1.89. The first-order valence-corrected chi connectivity index (χ1v) is 6.89. The van der Waals surface area contributed by atoms with Gasteiger partial charge in [-0.15, -0.1) is 11.3 Å². The SMILES string of the molecule is Cc1ccc(C(F)(F)F)cc1NCC(O)c1cccs1. The van der Waals surface area contributed by atoms with Gasteiger partial charge in [0.2, 0.25) is 0 Å². The molecule has 0 aliphatic carbocycles. The zero-order chi connectivity index (χ0) is 14.8. The van der Waals surface area contributed by atoms with E-state index in [0.717, 1.165) is 17.0 Å². The van der Waals surface area contributed by atoms with Crippen LogP contribution in [0.25, 0.3) is 0 Å². The van der Waals surface area contributed by atoms with Crippen LogP contribution in [0.5, 0.6) is 0 Å². The first-order chi connectivity index (χ1) is 9.38. The Balaban J connectivity index is 2.09. The van der Waals surface area contributed by atoms with Crippen molar-refractivity contribution in [3.63, 3.8) is 0 Å². The average Bonchev–Trinajstić information content (AvgIpc) is 2.90. The number of nitrogens with one attached hydrogen (secondary N) is 1. The van der Waals surface area contributed by atoms with Gasteiger partial charge in [-0.05, 0) is 36.1 Å². The van der Waals surface area contributed by atoms with Crippen LogP contribution >= 0.6 is 11.3 Å². The molecular formula is C14H14F3NOS. The summed E-state index contributed by atoms with van der Waals surface area (Å²) >= 11 is 1.41. The molecular weight excluding hydrogens is 287 g/mol. The van der Waals surface area contributed by atoms with Gasteiger partial charge in [0.25, 0.3) is 0 Å². The maximum atomic E-state index is 12.6. The second kappa shape index (κ2) is 5.85. The molecule has 2 rings (SSSR count). The standard InChI is InChI=1S/C14H14F3NOS/c1-9-4-5-10(14(15,16)17)7-11(9)18-8-12(19)13-3-2-6-20-13/h2-7,12,18-19H,8H2,1H3. The molecule has 0 saturated carbocycles. The van der Waals surface area contributed by atoms with Crippen LogP contribution in [-0.2, 0) is 6.18 Å². The Kier molecular flexibility index (Phi) is 4.35. The van der Waals surface area contributed by atoms with Crippen LogP contribution in [0.2, 0.25) is 0 Å². The normalized spacial score (nSPS) is 13.2. The van der Waals surface area contributed by atoms with Crippen molar-refractivity contribution in [1.82, 2.24) is 0 Å². The number of anilines is 1. The lowest BCUT2D eigenvalue weighted by atomic mass is 10.1. The fourth-order valence-corrected chi connectivity index (χ4v) is 2.49. The molecule has 0 aliphatic rings. The van der Waals surface area contributed by atoms with Gasteiger partial charge in [0, 0.05) is 17.1 Å². The first-order valence-electron chi connectivity index (χ1n) is 6.01. The molecule has 6 heteroatoms. The molecule has 0 amide bonds. The van der Waals surface area contributed by atoms with Crippen LogP contribution in [0, 0.1) is 6.92 Å². The monoisotopic (exact) mass is 301 g/mol. The zero-order valence-electron chi connectivity index (χ0n) is 10.7. The Morgan fingerprint density at radius 1 is 1.30 bits per heavy atom.